The molecule has 1 aromatic carbocycles. The zero-order chi connectivity index (χ0) is 13.0. The molecule has 18 heavy (non-hydrogen) atoms. The van der Waals surface area contributed by atoms with E-state index in [0.717, 1.165) is 6.61 Å². The van der Waals surface area contributed by atoms with Gasteiger partial charge < -0.3 is 10.1 Å². The monoisotopic (exact) mass is 247 g/mol. The second-order valence-electron chi connectivity index (χ2n) is 5.42. The summed E-state index contributed by atoms with van der Waals surface area (Å²) in [5.41, 5.74) is 4.04. The molecule has 1 atom stereocenters. The standard InChI is InChI=1S/C16H25NO/c1-12-8-9-14(10-13(12)2)16(17-3)11-18-15-6-4-5-7-15/h8-10,15-17H,4-7,11H2,1-3H3. The van der Waals surface area contributed by atoms with Crippen LogP contribution in [0.4, 0.5) is 0 Å². The molecule has 0 amide bonds. The molecule has 2 rings (SSSR count). The lowest BCUT2D eigenvalue weighted by atomic mass is 10.0. The Labute approximate surface area is 111 Å². The van der Waals surface area contributed by atoms with E-state index in [-0.39, 0.29) is 0 Å². The molecule has 0 spiro atoms. The van der Waals surface area contributed by atoms with Crippen molar-refractivity contribution in [3.63, 3.8) is 0 Å². The van der Waals surface area contributed by atoms with E-state index < -0.39 is 0 Å². The highest BCUT2D eigenvalue weighted by molar-refractivity contribution is 5.31. The van der Waals surface area contributed by atoms with Crippen molar-refractivity contribution in [1.82, 2.24) is 5.32 Å². The summed E-state index contributed by atoms with van der Waals surface area (Å²) in [6, 6.07) is 6.99. The van der Waals surface area contributed by atoms with Gasteiger partial charge in [0.05, 0.1) is 18.8 Å². The molecule has 2 nitrogen and oxygen atoms in total. The Kier molecular flexibility index (Phi) is 4.79. The van der Waals surface area contributed by atoms with Gasteiger partial charge in [0.15, 0.2) is 0 Å². The maximum atomic E-state index is 6.02. The zero-order valence-corrected chi connectivity index (χ0v) is 11.8. The molecule has 0 aromatic heterocycles. The third-order valence-electron chi connectivity index (χ3n) is 4.08. The van der Waals surface area contributed by atoms with Crippen molar-refractivity contribution in [1.29, 1.82) is 0 Å². The number of rotatable bonds is 5. The maximum absolute atomic E-state index is 6.02. The zero-order valence-electron chi connectivity index (χ0n) is 11.8. The van der Waals surface area contributed by atoms with Gasteiger partial charge in [0.25, 0.3) is 0 Å². The number of ether oxygens (including phenoxy) is 1. The number of benzene rings is 1. The fourth-order valence-corrected chi connectivity index (χ4v) is 2.61. The highest BCUT2D eigenvalue weighted by Crippen LogP contribution is 2.23. The van der Waals surface area contributed by atoms with Crippen molar-refractivity contribution in [2.75, 3.05) is 13.7 Å². The lowest BCUT2D eigenvalue weighted by Gasteiger charge is -2.20. The van der Waals surface area contributed by atoms with Crippen molar-refractivity contribution in [3.8, 4) is 0 Å². The first-order valence-corrected chi connectivity index (χ1v) is 7.06. The van der Waals surface area contributed by atoms with Crippen LogP contribution in [-0.4, -0.2) is 19.8 Å². The van der Waals surface area contributed by atoms with E-state index in [1.807, 2.05) is 7.05 Å². The van der Waals surface area contributed by atoms with Crippen LogP contribution in [0.3, 0.4) is 0 Å². The van der Waals surface area contributed by atoms with Crippen LogP contribution in [-0.2, 0) is 4.74 Å². The summed E-state index contributed by atoms with van der Waals surface area (Å²) < 4.78 is 6.02. The van der Waals surface area contributed by atoms with Crippen molar-refractivity contribution in [2.24, 2.45) is 0 Å². The molecule has 1 saturated carbocycles. The van der Waals surface area contributed by atoms with Crippen LogP contribution >= 0.6 is 0 Å². The lowest BCUT2D eigenvalue weighted by molar-refractivity contribution is 0.0439. The van der Waals surface area contributed by atoms with Crippen molar-refractivity contribution in [3.05, 3.63) is 34.9 Å². The van der Waals surface area contributed by atoms with Crippen LogP contribution in [0, 0.1) is 13.8 Å². The van der Waals surface area contributed by atoms with E-state index in [1.165, 1.54) is 42.4 Å². The van der Waals surface area contributed by atoms with Gasteiger partial charge in [-0.05, 0) is 50.4 Å². The molecule has 0 bridgehead atoms. The van der Waals surface area contributed by atoms with E-state index >= 15 is 0 Å². The maximum Gasteiger partial charge on any atom is 0.0665 e. The van der Waals surface area contributed by atoms with Gasteiger partial charge in [0.2, 0.25) is 0 Å². The van der Waals surface area contributed by atoms with E-state index in [0.29, 0.717) is 12.1 Å². The number of likely N-dealkylation sites (N-methyl/N-ethyl adjacent to an activating group) is 1. The Morgan fingerprint density at radius 2 is 1.94 bits per heavy atom. The van der Waals surface area contributed by atoms with Gasteiger partial charge >= 0.3 is 0 Å². The summed E-state index contributed by atoms with van der Waals surface area (Å²) in [7, 11) is 2.01. The molecule has 1 N–H and O–H groups in total. The fourth-order valence-electron chi connectivity index (χ4n) is 2.61. The summed E-state index contributed by atoms with van der Waals surface area (Å²) >= 11 is 0. The predicted octanol–water partition coefficient (Wildman–Crippen LogP) is 3.52. The first-order chi connectivity index (χ1) is 8.70. The van der Waals surface area contributed by atoms with Crippen LogP contribution < -0.4 is 5.32 Å². The molecule has 0 saturated heterocycles. The highest BCUT2D eigenvalue weighted by Gasteiger charge is 2.18. The van der Waals surface area contributed by atoms with Gasteiger partial charge in [-0.3, -0.25) is 0 Å². The summed E-state index contributed by atoms with van der Waals surface area (Å²) in [5, 5.41) is 3.36. The largest absolute Gasteiger partial charge is 0.376 e. The molecule has 1 aliphatic carbocycles. The van der Waals surface area contributed by atoms with E-state index in [4.69, 9.17) is 4.74 Å². The van der Waals surface area contributed by atoms with Crippen LogP contribution in [0.1, 0.15) is 48.4 Å². The molecule has 2 heteroatoms. The van der Waals surface area contributed by atoms with Gasteiger partial charge in [0.1, 0.15) is 0 Å². The molecule has 1 aliphatic rings. The Balaban J connectivity index is 1.96. The average molecular weight is 247 g/mol. The highest BCUT2D eigenvalue weighted by atomic mass is 16.5. The summed E-state index contributed by atoms with van der Waals surface area (Å²) in [6.45, 7) is 5.11. The quantitative estimate of drug-likeness (QED) is 0.859. The third-order valence-corrected chi connectivity index (χ3v) is 4.08. The number of aryl methyl sites for hydroxylation is 2. The minimum Gasteiger partial charge on any atom is -0.376 e. The number of nitrogens with one attached hydrogen (secondary N) is 1. The van der Waals surface area contributed by atoms with Crippen molar-refractivity contribution in [2.45, 2.75) is 51.7 Å². The number of hydrogen-bond acceptors (Lipinski definition) is 2. The van der Waals surface area contributed by atoms with Crippen molar-refractivity contribution < 1.29 is 4.74 Å². The van der Waals surface area contributed by atoms with Gasteiger partial charge in [-0.25, -0.2) is 0 Å². The SMILES string of the molecule is CNC(COC1CCCC1)c1ccc(C)c(C)c1. The molecular formula is C16H25NO. The Morgan fingerprint density at radius 1 is 1.22 bits per heavy atom. The molecule has 0 radical (unpaired) electrons. The molecular weight excluding hydrogens is 222 g/mol. The summed E-state index contributed by atoms with van der Waals surface area (Å²) in [4.78, 5) is 0. The van der Waals surface area contributed by atoms with E-state index in [1.54, 1.807) is 0 Å². The van der Waals surface area contributed by atoms with Crippen molar-refractivity contribution >= 4 is 0 Å². The molecule has 0 aliphatic heterocycles. The molecule has 100 valence electrons. The van der Waals surface area contributed by atoms with Gasteiger partial charge in [-0.1, -0.05) is 31.0 Å². The first-order valence-electron chi connectivity index (χ1n) is 7.06. The second-order valence-corrected chi connectivity index (χ2v) is 5.42. The Hall–Kier alpha value is -0.860. The second kappa shape index (κ2) is 6.35. The van der Waals surface area contributed by atoms with Crippen LogP contribution in [0.15, 0.2) is 18.2 Å². The van der Waals surface area contributed by atoms with Gasteiger partial charge in [0, 0.05) is 0 Å². The molecule has 1 unspecified atom stereocenters. The van der Waals surface area contributed by atoms with Crippen LogP contribution in [0.2, 0.25) is 0 Å². The lowest BCUT2D eigenvalue weighted by Crippen LogP contribution is -2.24. The van der Waals surface area contributed by atoms with Crippen LogP contribution in [0.5, 0.6) is 0 Å². The minimum atomic E-state index is 0.310. The van der Waals surface area contributed by atoms with Gasteiger partial charge in [-0.15, -0.1) is 0 Å². The molecule has 1 aromatic rings. The Bertz CT molecular complexity index is 383. The molecule has 1 fully saturated rings. The first kappa shape index (κ1) is 13.6. The fraction of sp³-hybridized carbons (Fsp3) is 0.625. The number of hydrogen-bond donors (Lipinski definition) is 1. The third kappa shape index (κ3) is 3.33. The van der Waals surface area contributed by atoms with Gasteiger partial charge in [-0.2, -0.15) is 0 Å². The topological polar surface area (TPSA) is 21.3 Å². The average Bonchev–Trinajstić information content (AvgIpc) is 2.87. The smallest absolute Gasteiger partial charge is 0.0665 e. The molecule has 0 heterocycles. The normalized spacial score (nSPS) is 18.2. The van der Waals surface area contributed by atoms with E-state index in [2.05, 4.69) is 37.4 Å². The summed E-state index contributed by atoms with van der Waals surface area (Å²) in [5.74, 6) is 0. The Morgan fingerprint density at radius 3 is 2.56 bits per heavy atom. The summed E-state index contributed by atoms with van der Waals surface area (Å²) in [6.07, 6.45) is 5.64. The van der Waals surface area contributed by atoms with Crippen LogP contribution in [0.25, 0.3) is 0 Å². The predicted molar refractivity (Wildman–Crippen MR) is 75.9 cm³/mol. The minimum absolute atomic E-state index is 0.310. The van der Waals surface area contributed by atoms with E-state index in [9.17, 15) is 0 Å².